The van der Waals surface area contributed by atoms with Crippen molar-refractivity contribution in [2.24, 2.45) is 4.99 Å². The van der Waals surface area contributed by atoms with Crippen molar-refractivity contribution in [3.05, 3.63) is 69.5 Å². The number of halogens is 1. The highest BCUT2D eigenvalue weighted by molar-refractivity contribution is 6.30. The maximum Gasteiger partial charge on any atom is 0.0831 e. The van der Waals surface area contributed by atoms with E-state index in [0.717, 1.165) is 43.8 Å². The van der Waals surface area contributed by atoms with Crippen molar-refractivity contribution in [2.45, 2.75) is 64.0 Å². The summed E-state index contributed by atoms with van der Waals surface area (Å²) >= 11 is 6.35. The van der Waals surface area contributed by atoms with Gasteiger partial charge in [-0.05, 0) is 93.3 Å². The van der Waals surface area contributed by atoms with Gasteiger partial charge in [0.15, 0.2) is 0 Å². The smallest absolute Gasteiger partial charge is 0.0831 e. The van der Waals surface area contributed by atoms with Crippen LogP contribution in [0.5, 0.6) is 0 Å². The molecular weight excluding hydrogens is 416 g/mol. The van der Waals surface area contributed by atoms with Crippen molar-refractivity contribution in [3.63, 3.8) is 0 Å². The minimum absolute atomic E-state index is 0.462. The number of pyridine rings is 1. The fourth-order valence-electron chi connectivity index (χ4n) is 5.44. The normalized spacial score (nSPS) is 22.9. The molecule has 0 amide bonds. The van der Waals surface area contributed by atoms with Crippen LogP contribution >= 0.6 is 11.6 Å². The Balaban J connectivity index is 1.28. The van der Waals surface area contributed by atoms with E-state index in [1.54, 1.807) is 5.57 Å². The van der Waals surface area contributed by atoms with Crippen molar-refractivity contribution in [3.8, 4) is 0 Å². The lowest BCUT2D eigenvalue weighted by Gasteiger charge is -2.30. The molecule has 1 aromatic carbocycles. The number of nitrogens with one attached hydrogen (secondary N) is 1. The van der Waals surface area contributed by atoms with Crippen LogP contribution in [0.3, 0.4) is 0 Å². The third kappa shape index (κ3) is 4.62. The highest BCUT2D eigenvalue weighted by atomic mass is 35.5. The van der Waals surface area contributed by atoms with Crippen LogP contribution in [-0.4, -0.2) is 47.9 Å². The molecule has 32 heavy (non-hydrogen) atoms. The molecule has 1 N–H and O–H groups in total. The van der Waals surface area contributed by atoms with Gasteiger partial charge in [0.05, 0.1) is 18.1 Å². The van der Waals surface area contributed by atoms with E-state index in [2.05, 4.69) is 46.4 Å². The largest absolute Gasteiger partial charge is 0.372 e. The average molecular weight is 449 g/mol. The second-order valence-corrected chi connectivity index (χ2v) is 9.87. The summed E-state index contributed by atoms with van der Waals surface area (Å²) in [4.78, 5) is 12.0. The van der Waals surface area contributed by atoms with E-state index in [1.807, 2.05) is 18.6 Å². The van der Waals surface area contributed by atoms with Crippen LogP contribution in [0.25, 0.3) is 5.57 Å². The Labute approximate surface area is 196 Å². The van der Waals surface area contributed by atoms with Crippen molar-refractivity contribution in [2.75, 3.05) is 19.6 Å². The summed E-state index contributed by atoms with van der Waals surface area (Å²) in [7, 11) is 0. The molecule has 3 heterocycles. The van der Waals surface area contributed by atoms with Crippen LogP contribution in [0.2, 0.25) is 5.02 Å². The summed E-state index contributed by atoms with van der Waals surface area (Å²) in [6, 6.07) is 11.7. The number of aryl methyl sites for hydroxylation is 2. The van der Waals surface area contributed by atoms with Gasteiger partial charge < -0.3 is 10.2 Å². The lowest BCUT2D eigenvalue weighted by Crippen LogP contribution is -2.32. The first kappa shape index (κ1) is 21.7. The average Bonchev–Trinajstić information content (AvgIpc) is 3.15. The molecule has 1 aliphatic carbocycles. The monoisotopic (exact) mass is 448 g/mol. The van der Waals surface area contributed by atoms with Gasteiger partial charge in [-0.15, -0.1) is 0 Å². The van der Waals surface area contributed by atoms with Crippen LogP contribution in [0.1, 0.15) is 61.4 Å². The van der Waals surface area contributed by atoms with Crippen molar-refractivity contribution in [1.82, 2.24) is 15.2 Å². The predicted octanol–water partition coefficient (Wildman–Crippen LogP) is 5.29. The van der Waals surface area contributed by atoms with Gasteiger partial charge in [-0.1, -0.05) is 29.3 Å². The maximum absolute atomic E-state index is 6.35. The number of likely N-dealkylation sites (tertiary alicyclic amines) is 1. The van der Waals surface area contributed by atoms with Crippen molar-refractivity contribution < 1.29 is 0 Å². The third-order valence-corrected chi connectivity index (χ3v) is 7.58. The molecule has 2 aliphatic heterocycles. The second kappa shape index (κ2) is 9.76. The minimum Gasteiger partial charge on any atom is -0.372 e. The Morgan fingerprint density at radius 1 is 1.06 bits per heavy atom. The summed E-state index contributed by atoms with van der Waals surface area (Å²) in [6.07, 6.45) is 11.8. The molecule has 1 fully saturated rings. The molecule has 168 valence electrons. The number of aliphatic imine (C=N–C) groups is 1. The van der Waals surface area contributed by atoms with E-state index < -0.39 is 0 Å². The minimum atomic E-state index is 0.462. The predicted molar refractivity (Wildman–Crippen MR) is 134 cm³/mol. The maximum atomic E-state index is 6.35. The zero-order valence-corrected chi connectivity index (χ0v) is 19.7. The fourth-order valence-corrected chi connectivity index (χ4v) is 5.63. The number of unbranched alkanes of at least 4 members (excludes halogenated alkanes) is 1. The summed E-state index contributed by atoms with van der Waals surface area (Å²) in [5.74, 6) is 0. The van der Waals surface area contributed by atoms with Crippen LogP contribution in [-0.2, 0) is 12.8 Å². The van der Waals surface area contributed by atoms with Gasteiger partial charge in [0.1, 0.15) is 0 Å². The molecule has 2 unspecified atom stereocenters. The van der Waals surface area contributed by atoms with Gasteiger partial charge in [-0.25, -0.2) is 0 Å². The molecule has 2 atom stereocenters. The Kier molecular flexibility index (Phi) is 6.61. The molecular formula is C27H33ClN4. The van der Waals surface area contributed by atoms with Gasteiger partial charge in [0.2, 0.25) is 0 Å². The molecule has 0 saturated carbocycles. The Morgan fingerprint density at radius 2 is 1.91 bits per heavy atom. The van der Waals surface area contributed by atoms with Crippen molar-refractivity contribution in [1.29, 1.82) is 0 Å². The first-order chi connectivity index (χ1) is 15.7. The lowest BCUT2D eigenvalue weighted by molar-refractivity contribution is 0.250. The van der Waals surface area contributed by atoms with Crippen LogP contribution < -0.4 is 5.32 Å². The molecule has 2 aromatic rings. The van der Waals surface area contributed by atoms with Gasteiger partial charge >= 0.3 is 0 Å². The SMILES string of the molecule is CC1NC=NC1CCCCN1CCC(=C2c3ccc(Cl)cc3CCc3cccnc32)CC1. The number of rotatable bonds is 5. The summed E-state index contributed by atoms with van der Waals surface area (Å²) in [5, 5.41) is 4.13. The topological polar surface area (TPSA) is 40.5 Å². The highest BCUT2D eigenvalue weighted by Crippen LogP contribution is 2.38. The van der Waals surface area contributed by atoms with E-state index in [1.165, 1.54) is 53.8 Å². The number of hydrogen-bond donors (Lipinski definition) is 1. The number of aromatic nitrogens is 1. The van der Waals surface area contributed by atoms with Crippen LogP contribution in [0.4, 0.5) is 0 Å². The molecule has 5 rings (SSSR count). The molecule has 5 heteroatoms. The standard InChI is InChI=1S/C27H33ClN4/c1-19-25(31-18-30-19)6-2-3-14-32-15-11-20(12-16-32)26-24-10-9-23(28)17-22(24)8-7-21-5-4-13-29-27(21)26/h4-5,9-10,13,17-19,25H,2-3,6-8,11-12,14-16H2,1H3,(H,30,31). The van der Waals surface area contributed by atoms with E-state index in [4.69, 9.17) is 16.6 Å². The van der Waals surface area contributed by atoms with E-state index >= 15 is 0 Å². The Morgan fingerprint density at radius 3 is 2.72 bits per heavy atom. The zero-order chi connectivity index (χ0) is 21.9. The van der Waals surface area contributed by atoms with E-state index in [-0.39, 0.29) is 0 Å². The summed E-state index contributed by atoms with van der Waals surface area (Å²) in [6.45, 7) is 5.71. The third-order valence-electron chi connectivity index (χ3n) is 7.35. The van der Waals surface area contributed by atoms with Gasteiger partial charge in [0.25, 0.3) is 0 Å². The Bertz CT molecular complexity index is 1020. The molecule has 0 radical (unpaired) electrons. The number of fused-ring (bicyclic) bond motifs is 2. The number of nitrogens with zero attached hydrogens (tertiary/aromatic N) is 3. The highest BCUT2D eigenvalue weighted by Gasteiger charge is 2.25. The van der Waals surface area contributed by atoms with Gasteiger partial charge in [-0.3, -0.25) is 9.98 Å². The molecule has 0 bridgehead atoms. The number of benzene rings is 1. The van der Waals surface area contributed by atoms with Gasteiger partial charge in [-0.2, -0.15) is 0 Å². The van der Waals surface area contributed by atoms with E-state index in [9.17, 15) is 0 Å². The first-order valence-corrected chi connectivity index (χ1v) is 12.5. The zero-order valence-electron chi connectivity index (χ0n) is 19.0. The molecule has 4 nitrogen and oxygen atoms in total. The molecule has 1 aromatic heterocycles. The summed E-state index contributed by atoms with van der Waals surface area (Å²) < 4.78 is 0. The Hall–Kier alpha value is -2.17. The van der Waals surface area contributed by atoms with E-state index in [0.29, 0.717) is 12.1 Å². The first-order valence-electron chi connectivity index (χ1n) is 12.1. The second-order valence-electron chi connectivity index (χ2n) is 9.43. The fraction of sp³-hybridized carbons (Fsp3) is 0.481. The van der Waals surface area contributed by atoms with Gasteiger partial charge in [0, 0.05) is 35.9 Å². The van der Waals surface area contributed by atoms with Crippen LogP contribution in [0.15, 0.2) is 47.1 Å². The van der Waals surface area contributed by atoms with Crippen LogP contribution in [0, 0.1) is 0 Å². The molecule has 0 spiro atoms. The summed E-state index contributed by atoms with van der Waals surface area (Å²) in [5.41, 5.74) is 8.20. The number of piperidine rings is 1. The quantitative estimate of drug-likeness (QED) is 0.631. The molecule has 1 saturated heterocycles. The van der Waals surface area contributed by atoms with Crippen molar-refractivity contribution >= 4 is 23.5 Å². The molecule has 3 aliphatic rings. The lowest BCUT2D eigenvalue weighted by atomic mass is 9.88. The number of hydrogen-bond acceptors (Lipinski definition) is 4.